The van der Waals surface area contributed by atoms with Crippen molar-refractivity contribution in [2.75, 3.05) is 5.32 Å². The predicted octanol–water partition coefficient (Wildman–Crippen LogP) is 3.19. The van der Waals surface area contributed by atoms with Gasteiger partial charge in [-0.05, 0) is 12.1 Å². The van der Waals surface area contributed by atoms with E-state index in [-0.39, 0.29) is 0 Å². The SMILES string of the molecule is Clc1ncc(CNc2ccccc2-c2ncn[nH]2)s1. The van der Waals surface area contributed by atoms with Crippen LogP contribution >= 0.6 is 22.9 Å². The molecule has 0 saturated heterocycles. The Balaban J connectivity index is 1.81. The van der Waals surface area contributed by atoms with E-state index in [2.05, 4.69) is 25.5 Å². The molecule has 0 bridgehead atoms. The van der Waals surface area contributed by atoms with Crippen LogP contribution in [0.1, 0.15) is 4.88 Å². The fourth-order valence-electron chi connectivity index (χ4n) is 1.73. The average Bonchev–Trinajstić information content (AvgIpc) is 3.08. The molecule has 1 aromatic carbocycles. The molecule has 2 N–H and O–H groups in total. The summed E-state index contributed by atoms with van der Waals surface area (Å²) < 4.78 is 0.556. The third kappa shape index (κ3) is 2.74. The quantitative estimate of drug-likeness (QED) is 0.775. The molecule has 0 aliphatic heterocycles. The van der Waals surface area contributed by atoms with Crippen molar-refractivity contribution >= 4 is 28.6 Å². The standard InChI is InChI=1S/C12H10ClN5S/c13-12-15-6-8(19-12)5-14-10-4-2-1-3-9(10)11-16-7-17-18-11/h1-4,6-7,14H,5H2,(H,16,17,18). The average molecular weight is 292 g/mol. The number of nitrogens with zero attached hydrogens (tertiary/aromatic N) is 3. The maximum Gasteiger partial charge on any atom is 0.183 e. The van der Waals surface area contributed by atoms with E-state index in [1.807, 2.05) is 24.3 Å². The van der Waals surface area contributed by atoms with Crippen LogP contribution in [-0.2, 0) is 6.54 Å². The van der Waals surface area contributed by atoms with E-state index in [9.17, 15) is 0 Å². The van der Waals surface area contributed by atoms with Crippen LogP contribution in [-0.4, -0.2) is 20.2 Å². The Labute approximate surface area is 118 Å². The summed E-state index contributed by atoms with van der Waals surface area (Å²) in [6.07, 6.45) is 3.27. The normalized spacial score (nSPS) is 10.6. The first-order valence-electron chi connectivity index (χ1n) is 5.62. The van der Waals surface area contributed by atoms with E-state index in [1.54, 1.807) is 6.20 Å². The molecule has 0 amide bonds. The summed E-state index contributed by atoms with van der Waals surface area (Å²) >= 11 is 7.28. The number of hydrogen-bond donors (Lipinski definition) is 2. The molecule has 7 heteroatoms. The van der Waals surface area contributed by atoms with Gasteiger partial charge in [-0.25, -0.2) is 9.97 Å². The maximum absolute atomic E-state index is 5.81. The second-order valence-electron chi connectivity index (χ2n) is 3.81. The predicted molar refractivity (Wildman–Crippen MR) is 76.3 cm³/mol. The van der Waals surface area contributed by atoms with E-state index in [0.29, 0.717) is 11.0 Å². The molecule has 0 unspecified atom stereocenters. The van der Waals surface area contributed by atoms with Crippen molar-refractivity contribution in [2.45, 2.75) is 6.54 Å². The van der Waals surface area contributed by atoms with Crippen molar-refractivity contribution in [2.24, 2.45) is 0 Å². The fraction of sp³-hybridized carbons (Fsp3) is 0.0833. The summed E-state index contributed by atoms with van der Waals surface area (Å²) in [6.45, 7) is 0.676. The van der Waals surface area contributed by atoms with Gasteiger partial charge < -0.3 is 5.32 Å². The fourth-order valence-corrected chi connectivity index (χ4v) is 2.64. The lowest BCUT2D eigenvalue weighted by atomic mass is 10.1. The number of thiazole rings is 1. The summed E-state index contributed by atoms with van der Waals surface area (Å²) in [5.41, 5.74) is 1.97. The van der Waals surface area contributed by atoms with Crippen LogP contribution in [0.4, 0.5) is 5.69 Å². The molecular weight excluding hydrogens is 282 g/mol. The zero-order valence-corrected chi connectivity index (χ0v) is 11.4. The van der Waals surface area contributed by atoms with Gasteiger partial charge in [0.2, 0.25) is 0 Å². The summed E-state index contributed by atoms with van der Waals surface area (Å²) in [6, 6.07) is 7.93. The van der Waals surface area contributed by atoms with Crippen LogP contribution in [0, 0.1) is 0 Å². The molecule has 3 rings (SSSR count). The number of rotatable bonds is 4. The van der Waals surface area contributed by atoms with Gasteiger partial charge in [0.05, 0.1) is 6.54 Å². The van der Waals surface area contributed by atoms with Crippen molar-refractivity contribution in [1.82, 2.24) is 20.2 Å². The van der Waals surface area contributed by atoms with Crippen molar-refractivity contribution in [3.63, 3.8) is 0 Å². The molecule has 0 spiro atoms. The van der Waals surface area contributed by atoms with Gasteiger partial charge in [0.25, 0.3) is 0 Å². The van der Waals surface area contributed by atoms with Gasteiger partial charge >= 0.3 is 0 Å². The van der Waals surface area contributed by atoms with Crippen molar-refractivity contribution in [3.8, 4) is 11.4 Å². The first-order chi connectivity index (χ1) is 9.33. The summed E-state index contributed by atoms with van der Waals surface area (Å²) in [7, 11) is 0. The Morgan fingerprint density at radius 3 is 2.89 bits per heavy atom. The number of aromatic nitrogens is 4. The lowest BCUT2D eigenvalue weighted by Crippen LogP contribution is -1.99. The Morgan fingerprint density at radius 2 is 2.16 bits per heavy atom. The maximum atomic E-state index is 5.81. The lowest BCUT2D eigenvalue weighted by molar-refractivity contribution is 1.09. The summed E-state index contributed by atoms with van der Waals surface area (Å²) in [4.78, 5) is 9.27. The Morgan fingerprint density at radius 1 is 1.26 bits per heavy atom. The van der Waals surface area contributed by atoms with Gasteiger partial charge in [-0.1, -0.05) is 23.7 Å². The number of H-pyrrole nitrogens is 1. The molecule has 19 heavy (non-hydrogen) atoms. The number of benzene rings is 1. The third-order valence-electron chi connectivity index (χ3n) is 2.58. The summed E-state index contributed by atoms with van der Waals surface area (Å²) in [5, 5.41) is 10.1. The molecule has 0 saturated carbocycles. The molecule has 2 aromatic heterocycles. The van der Waals surface area contributed by atoms with Crippen LogP contribution in [0.25, 0.3) is 11.4 Å². The number of anilines is 1. The minimum atomic E-state index is 0.556. The number of halogens is 1. The lowest BCUT2D eigenvalue weighted by Gasteiger charge is -2.08. The number of aromatic amines is 1. The molecule has 3 aromatic rings. The summed E-state index contributed by atoms with van der Waals surface area (Å²) in [5.74, 6) is 0.741. The van der Waals surface area contributed by atoms with Crippen molar-refractivity contribution < 1.29 is 0 Å². The van der Waals surface area contributed by atoms with Crippen LogP contribution in [0.5, 0.6) is 0 Å². The van der Waals surface area contributed by atoms with Crippen LogP contribution in [0.2, 0.25) is 4.47 Å². The number of para-hydroxylation sites is 1. The highest BCUT2D eigenvalue weighted by Gasteiger charge is 2.07. The monoisotopic (exact) mass is 291 g/mol. The van der Waals surface area contributed by atoms with Gasteiger partial charge in [0.15, 0.2) is 10.3 Å². The smallest absolute Gasteiger partial charge is 0.183 e. The Kier molecular flexibility index (Phi) is 3.43. The zero-order chi connectivity index (χ0) is 13.1. The molecule has 0 aliphatic carbocycles. The zero-order valence-electron chi connectivity index (χ0n) is 9.80. The highest BCUT2D eigenvalue weighted by Crippen LogP contribution is 2.26. The Hall–Kier alpha value is -1.92. The van der Waals surface area contributed by atoms with E-state index in [4.69, 9.17) is 11.6 Å². The topological polar surface area (TPSA) is 66.5 Å². The van der Waals surface area contributed by atoms with Gasteiger partial charge in [-0.2, -0.15) is 5.10 Å². The van der Waals surface area contributed by atoms with Gasteiger partial charge in [-0.3, -0.25) is 5.10 Å². The highest BCUT2D eigenvalue weighted by atomic mass is 35.5. The van der Waals surface area contributed by atoms with Gasteiger partial charge in [-0.15, -0.1) is 11.3 Å². The van der Waals surface area contributed by atoms with E-state index >= 15 is 0 Å². The van der Waals surface area contributed by atoms with E-state index in [1.165, 1.54) is 17.7 Å². The second kappa shape index (κ2) is 5.38. The molecule has 0 radical (unpaired) electrons. The molecular formula is C12H10ClN5S. The number of hydrogen-bond acceptors (Lipinski definition) is 5. The van der Waals surface area contributed by atoms with E-state index < -0.39 is 0 Å². The molecule has 96 valence electrons. The minimum Gasteiger partial charge on any atom is -0.379 e. The van der Waals surface area contributed by atoms with Crippen LogP contribution in [0.3, 0.4) is 0 Å². The first kappa shape index (κ1) is 12.1. The third-order valence-corrected chi connectivity index (χ3v) is 3.69. The highest BCUT2D eigenvalue weighted by molar-refractivity contribution is 7.15. The molecule has 0 atom stereocenters. The minimum absolute atomic E-state index is 0.556. The second-order valence-corrected chi connectivity index (χ2v) is 5.51. The van der Waals surface area contributed by atoms with Crippen molar-refractivity contribution in [3.05, 3.63) is 46.1 Å². The van der Waals surface area contributed by atoms with E-state index in [0.717, 1.165) is 22.0 Å². The van der Waals surface area contributed by atoms with Crippen molar-refractivity contribution in [1.29, 1.82) is 0 Å². The number of nitrogens with one attached hydrogen (secondary N) is 2. The molecule has 5 nitrogen and oxygen atoms in total. The molecule has 0 fully saturated rings. The Bertz CT molecular complexity index is 664. The van der Waals surface area contributed by atoms with Crippen LogP contribution in [0.15, 0.2) is 36.8 Å². The molecule has 0 aliphatic rings. The first-order valence-corrected chi connectivity index (χ1v) is 6.81. The largest absolute Gasteiger partial charge is 0.379 e. The van der Waals surface area contributed by atoms with Gasteiger partial charge in [0.1, 0.15) is 6.33 Å². The molecule has 2 heterocycles. The van der Waals surface area contributed by atoms with Gasteiger partial charge in [0, 0.05) is 22.3 Å². The van der Waals surface area contributed by atoms with Crippen LogP contribution < -0.4 is 5.32 Å².